The summed E-state index contributed by atoms with van der Waals surface area (Å²) >= 11 is 0. The zero-order valence-electron chi connectivity index (χ0n) is 19.2. The van der Waals surface area contributed by atoms with Gasteiger partial charge in [-0.05, 0) is 94.0 Å². The van der Waals surface area contributed by atoms with Crippen LogP contribution < -0.4 is 0 Å². The van der Waals surface area contributed by atoms with Crippen molar-refractivity contribution in [3.63, 3.8) is 0 Å². The molecule has 1 heteroatoms. The van der Waals surface area contributed by atoms with E-state index in [9.17, 15) is 0 Å². The summed E-state index contributed by atoms with van der Waals surface area (Å²) in [5.41, 5.74) is 4.92. The molecular weight excluding hydrogens is 356 g/mol. The van der Waals surface area contributed by atoms with Crippen LogP contribution in [0, 0.1) is 29.6 Å². The van der Waals surface area contributed by atoms with Gasteiger partial charge in [0.1, 0.15) is 0 Å². The summed E-state index contributed by atoms with van der Waals surface area (Å²) in [5, 5.41) is 2.45. The third-order valence-corrected chi connectivity index (χ3v) is 7.62. The molecule has 0 amide bonds. The molecule has 28 heavy (non-hydrogen) atoms. The first-order chi connectivity index (χ1) is 13.1. The fraction of sp³-hybridized carbons (Fsp3) is 0.630. The highest BCUT2D eigenvalue weighted by Gasteiger charge is 2.43. The molecule has 158 valence electrons. The predicted octanol–water partition coefficient (Wildman–Crippen LogP) is 7.78. The van der Waals surface area contributed by atoms with Crippen molar-refractivity contribution in [2.75, 3.05) is 12.5 Å². The van der Waals surface area contributed by atoms with E-state index in [0.29, 0.717) is 5.92 Å². The van der Waals surface area contributed by atoms with E-state index >= 15 is 0 Å². The van der Waals surface area contributed by atoms with Crippen LogP contribution in [0.25, 0.3) is 0 Å². The van der Waals surface area contributed by atoms with E-state index in [2.05, 4.69) is 75.9 Å². The number of rotatable bonds is 9. The lowest BCUT2D eigenvalue weighted by molar-refractivity contribution is 0.347. The van der Waals surface area contributed by atoms with E-state index in [1.807, 2.05) is 0 Å². The molecule has 0 heterocycles. The van der Waals surface area contributed by atoms with Crippen LogP contribution in [-0.4, -0.2) is 23.7 Å². The minimum Gasteiger partial charge on any atom is -0.217 e. The highest BCUT2D eigenvalue weighted by Crippen LogP contribution is 2.53. The zero-order valence-corrected chi connectivity index (χ0v) is 20.0. The van der Waals surface area contributed by atoms with Crippen LogP contribution in [0.2, 0.25) is 0 Å². The van der Waals surface area contributed by atoms with Crippen molar-refractivity contribution in [1.82, 2.24) is 0 Å². The van der Waals surface area contributed by atoms with Gasteiger partial charge in [-0.2, -0.15) is 0 Å². The Morgan fingerprint density at radius 1 is 1.18 bits per heavy atom. The maximum atomic E-state index is 4.32. The molecule has 0 saturated heterocycles. The average Bonchev–Trinajstić information content (AvgIpc) is 3.32. The Kier molecular flexibility index (Phi) is 8.49. The maximum absolute atomic E-state index is 4.32. The van der Waals surface area contributed by atoms with Crippen LogP contribution >= 0.6 is 9.21 Å². The normalized spacial score (nSPS) is 29.8. The van der Waals surface area contributed by atoms with Crippen LogP contribution in [0.5, 0.6) is 0 Å². The Labute approximate surface area is 176 Å². The Morgan fingerprint density at radius 2 is 1.89 bits per heavy atom. The van der Waals surface area contributed by atoms with Crippen LogP contribution in [0.3, 0.4) is 0 Å². The molecular formula is C27H44S. The summed E-state index contributed by atoms with van der Waals surface area (Å²) in [5.74, 6) is 8.37. The lowest BCUT2D eigenvalue weighted by Crippen LogP contribution is -2.08. The molecule has 0 aromatic carbocycles. The van der Waals surface area contributed by atoms with Gasteiger partial charge in [-0.3, -0.25) is 0 Å². The molecule has 0 bridgehead atoms. The molecule has 0 aromatic heterocycles. The van der Waals surface area contributed by atoms with Crippen molar-refractivity contribution in [3.05, 3.63) is 48.1 Å². The van der Waals surface area contributed by atoms with E-state index in [1.165, 1.54) is 32.1 Å². The second kappa shape index (κ2) is 10.2. The fourth-order valence-corrected chi connectivity index (χ4v) is 6.63. The smallest absolute Gasteiger partial charge is 0.00289 e. The van der Waals surface area contributed by atoms with Crippen molar-refractivity contribution in [1.29, 1.82) is 0 Å². The van der Waals surface area contributed by atoms with Gasteiger partial charge in [-0.1, -0.05) is 60.0 Å². The van der Waals surface area contributed by atoms with Crippen LogP contribution in [0.4, 0.5) is 0 Å². The second-order valence-electron chi connectivity index (χ2n) is 10.2. The Hall–Kier alpha value is -0.950. The summed E-state index contributed by atoms with van der Waals surface area (Å²) in [6, 6.07) is 0. The van der Waals surface area contributed by atoms with Crippen molar-refractivity contribution in [2.45, 2.75) is 65.7 Å². The minimum atomic E-state index is -0.809. The van der Waals surface area contributed by atoms with Crippen molar-refractivity contribution in [2.24, 2.45) is 29.6 Å². The average molecular weight is 401 g/mol. The van der Waals surface area contributed by atoms with Crippen LogP contribution in [0.15, 0.2) is 48.1 Å². The molecule has 0 aromatic rings. The highest BCUT2D eigenvalue weighted by atomic mass is 32.2. The third kappa shape index (κ3) is 7.47. The SMILES string of the molecule is C=CCC1=C(C)CC(C2CC2C/C(=C\C(C)C=S(=C)(C)C)CC=C)CC(C)C1. The summed E-state index contributed by atoms with van der Waals surface area (Å²) in [6.45, 7) is 15.1. The number of hydrogen-bond donors (Lipinski definition) is 0. The van der Waals surface area contributed by atoms with Crippen molar-refractivity contribution >= 4 is 20.4 Å². The largest absolute Gasteiger partial charge is 0.217 e. The molecule has 0 N–H and O–H groups in total. The molecule has 5 atom stereocenters. The Morgan fingerprint density at radius 3 is 2.50 bits per heavy atom. The summed E-state index contributed by atoms with van der Waals surface area (Å²) in [6.07, 6.45) is 20.0. The minimum absolute atomic E-state index is 0.513. The van der Waals surface area contributed by atoms with Crippen molar-refractivity contribution < 1.29 is 0 Å². The topological polar surface area (TPSA) is 0 Å². The summed E-state index contributed by atoms with van der Waals surface area (Å²) < 4.78 is 0. The molecule has 2 aliphatic rings. The predicted molar refractivity (Wildman–Crippen MR) is 135 cm³/mol. The molecule has 5 unspecified atom stereocenters. The van der Waals surface area contributed by atoms with E-state index in [4.69, 9.17) is 0 Å². The van der Waals surface area contributed by atoms with Gasteiger partial charge in [0.05, 0.1) is 0 Å². The molecule has 0 radical (unpaired) electrons. The summed E-state index contributed by atoms with van der Waals surface area (Å²) in [7, 11) is -0.809. The second-order valence-corrected chi connectivity index (χ2v) is 13.7. The monoisotopic (exact) mass is 400 g/mol. The molecule has 1 saturated carbocycles. The van der Waals surface area contributed by atoms with Crippen molar-refractivity contribution in [3.8, 4) is 0 Å². The van der Waals surface area contributed by atoms with Gasteiger partial charge in [0, 0.05) is 0 Å². The Balaban J connectivity index is 2.04. The lowest BCUT2D eigenvalue weighted by atomic mass is 9.87. The number of allylic oxidation sites excluding steroid dienone is 6. The van der Waals surface area contributed by atoms with Crippen LogP contribution in [-0.2, 0) is 0 Å². The molecule has 1 fully saturated rings. The third-order valence-electron chi connectivity index (χ3n) is 6.46. The summed E-state index contributed by atoms with van der Waals surface area (Å²) in [4.78, 5) is 0. The van der Waals surface area contributed by atoms with Crippen LogP contribution in [0.1, 0.15) is 65.7 Å². The van der Waals surface area contributed by atoms with Gasteiger partial charge in [-0.25, -0.2) is 9.21 Å². The van der Waals surface area contributed by atoms with Gasteiger partial charge in [0.2, 0.25) is 0 Å². The van der Waals surface area contributed by atoms with Gasteiger partial charge >= 0.3 is 0 Å². The van der Waals surface area contributed by atoms with Gasteiger partial charge in [-0.15, -0.1) is 13.2 Å². The first-order valence-electron chi connectivity index (χ1n) is 11.1. The van der Waals surface area contributed by atoms with E-state index < -0.39 is 9.21 Å². The fourth-order valence-electron chi connectivity index (χ4n) is 5.39. The molecule has 0 spiro atoms. The lowest BCUT2D eigenvalue weighted by Gasteiger charge is -2.18. The molecule has 0 aliphatic heterocycles. The van der Waals surface area contributed by atoms with E-state index in [1.54, 1.807) is 16.7 Å². The first kappa shape index (κ1) is 23.3. The first-order valence-corrected chi connectivity index (χ1v) is 13.8. The standard InChI is InChI=1S/C27H44S/c1-9-11-23(13-21(4)19-28(6,7)8)17-26-18-27(26)25-15-20(3)14-24(12-10-2)22(5)16-25/h9-10,13,19-21,25-27H,1-2,6,11-12,14-18H2,3-5,7-8H3/b23-13-. The zero-order chi connectivity index (χ0) is 20.9. The Bertz CT molecular complexity index is 730. The van der Waals surface area contributed by atoms with Gasteiger partial charge in [0.15, 0.2) is 0 Å². The molecule has 2 rings (SSSR count). The van der Waals surface area contributed by atoms with E-state index in [-0.39, 0.29) is 0 Å². The molecule has 0 nitrogen and oxygen atoms in total. The van der Waals surface area contributed by atoms with E-state index in [0.717, 1.165) is 36.5 Å². The van der Waals surface area contributed by atoms with Gasteiger partial charge in [0.25, 0.3) is 0 Å². The quantitative estimate of drug-likeness (QED) is 0.274. The molecule has 2 aliphatic carbocycles. The maximum Gasteiger partial charge on any atom is -0.00289 e. The highest BCUT2D eigenvalue weighted by molar-refractivity contribution is 8.27. The number of hydrogen-bond acceptors (Lipinski definition) is 0. The van der Waals surface area contributed by atoms with Gasteiger partial charge < -0.3 is 0 Å².